The van der Waals surface area contributed by atoms with Crippen LogP contribution in [0.15, 0.2) is 29.4 Å². The van der Waals surface area contributed by atoms with E-state index in [1.807, 2.05) is 0 Å². The molecule has 0 radical (unpaired) electrons. The minimum Gasteiger partial charge on any atom is -0.479 e. The van der Waals surface area contributed by atoms with Gasteiger partial charge in [0.15, 0.2) is 15.5 Å². The average Bonchev–Trinajstić information content (AvgIpc) is 2.38. The smallest absolute Gasteiger partial charge is 0.242 e. The van der Waals surface area contributed by atoms with Gasteiger partial charge in [0.25, 0.3) is 0 Å². The van der Waals surface area contributed by atoms with Crippen LogP contribution in [-0.4, -0.2) is 36.7 Å². The molecule has 0 spiro atoms. The number of hydrogen-bond donors (Lipinski definition) is 0. The van der Waals surface area contributed by atoms with E-state index < -0.39 is 9.84 Å². The Balaban J connectivity index is 2.51. The average molecular weight is 300 g/mol. The van der Waals surface area contributed by atoms with Gasteiger partial charge >= 0.3 is 0 Å². The Hall–Kier alpha value is -1.73. The van der Waals surface area contributed by atoms with E-state index in [4.69, 9.17) is 16.3 Å². The fraction of sp³-hybridized carbons (Fsp3) is 0.182. The molecule has 0 atom stereocenters. The standard InChI is InChI=1S/C11H10ClN3O3S/c1-18-11-10(15-9(12)6-14-11)8-4-3-7(5-13-8)19(2,16)17/h3-6H,1-2H3. The first-order valence-corrected chi connectivity index (χ1v) is 7.42. The molecule has 0 fully saturated rings. The van der Waals surface area contributed by atoms with Gasteiger partial charge < -0.3 is 4.74 Å². The number of methoxy groups -OCH3 is 1. The molecule has 0 saturated carbocycles. The van der Waals surface area contributed by atoms with Crippen LogP contribution in [0, 0.1) is 0 Å². The second-order valence-electron chi connectivity index (χ2n) is 3.70. The van der Waals surface area contributed by atoms with E-state index in [0.717, 1.165) is 6.26 Å². The topological polar surface area (TPSA) is 82.0 Å². The molecule has 19 heavy (non-hydrogen) atoms. The molecule has 0 aromatic carbocycles. The molecule has 100 valence electrons. The minimum atomic E-state index is -3.28. The molecular weight excluding hydrogens is 290 g/mol. The highest BCUT2D eigenvalue weighted by molar-refractivity contribution is 7.90. The maximum absolute atomic E-state index is 11.3. The number of rotatable bonds is 3. The Kier molecular flexibility index (Phi) is 3.68. The summed E-state index contributed by atoms with van der Waals surface area (Å²) in [4.78, 5) is 12.2. The predicted molar refractivity (Wildman–Crippen MR) is 69.9 cm³/mol. The molecule has 8 heteroatoms. The molecule has 0 unspecified atom stereocenters. The molecule has 2 rings (SSSR count). The van der Waals surface area contributed by atoms with Crippen molar-refractivity contribution in [2.45, 2.75) is 4.90 Å². The molecule has 0 N–H and O–H groups in total. The van der Waals surface area contributed by atoms with Gasteiger partial charge in [0.2, 0.25) is 5.88 Å². The van der Waals surface area contributed by atoms with E-state index in [-0.39, 0.29) is 15.9 Å². The van der Waals surface area contributed by atoms with E-state index in [0.29, 0.717) is 11.4 Å². The first-order chi connectivity index (χ1) is 8.91. The number of nitrogens with zero attached hydrogens (tertiary/aromatic N) is 3. The summed E-state index contributed by atoms with van der Waals surface area (Å²) in [7, 11) is -1.83. The molecule has 0 aliphatic heterocycles. The third-order valence-electron chi connectivity index (χ3n) is 2.31. The molecule has 0 saturated heterocycles. The Morgan fingerprint density at radius 1 is 1.21 bits per heavy atom. The normalized spacial score (nSPS) is 11.3. The van der Waals surface area contributed by atoms with E-state index in [1.165, 1.54) is 31.6 Å². The molecular formula is C11H10ClN3O3S. The van der Waals surface area contributed by atoms with Gasteiger partial charge in [0.1, 0.15) is 5.15 Å². The predicted octanol–water partition coefficient (Wildman–Crippen LogP) is 1.60. The van der Waals surface area contributed by atoms with Crippen LogP contribution in [0.25, 0.3) is 11.4 Å². The second-order valence-corrected chi connectivity index (χ2v) is 6.10. The lowest BCUT2D eigenvalue weighted by molar-refractivity contribution is 0.397. The van der Waals surface area contributed by atoms with E-state index >= 15 is 0 Å². The van der Waals surface area contributed by atoms with Crippen molar-refractivity contribution in [1.29, 1.82) is 0 Å². The van der Waals surface area contributed by atoms with Crippen molar-refractivity contribution in [2.24, 2.45) is 0 Å². The summed E-state index contributed by atoms with van der Waals surface area (Å²) >= 11 is 5.77. The van der Waals surface area contributed by atoms with Crippen molar-refractivity contribution >= 4 is 21.4 Å². The summed E-state index contributed by atoms with van der Waals surface area (Å²) in [6.07, 6.45) is 3.73. The van der Waals surface area contributed by atoms with Crippen LogP contribution in [0.2, 0.25) is 5.15 Å². The van der Waals surface area contributed by atoms with Crippen LogP contribution in [-0.2, 0) is 9.84 Å². The third kappa shape index (κ3) is 2.99. The zero-order valence-corrected chi connectivity index (χ0v) is 11.7. The number of pyridine rings is 1. The SMILES string of the molecule is COc1ncc(Cl)nc1-c1ccc(S(C)(=O)=O)cn1. The van der Waals surface area contributed by atoms with Crippen molar-refractivity contribution in [1.82, 2.24) is 15.0 Å². The molecule has 0 amide bonds. The Bertz CT molecular complexity index is 702. The summed E-state index contributed by atoms with van der Waals surface area (Å²) in [5, 5.41) is 0.199. The molecule has 0 aliphatic carbocycles. The molecule has 0 bridgehead atoms. The summed E-state index contributed by atoms with van der Waals surface area (Å²) in [5.41, 5.74) is 0.786. The third-order valence-corrected chi connectivity index (χ3v) is 3.59. The Labute approximate surface area is 115 Å². The quantitative estimate of drug-likeness (QED) is 0.856. The van der Waals surface area contributed by atoms with E-state index in [9.17, 15) is 8.42 Å². The number of ether oxygens (including phenoxy) is 1. The van der Waals surface area contributed by atoms with Gasteiger partial charge in [-0.15, -0.1) is 0 Å². The van der Waals surface area contributed by atoms with Crippen LogP contribution in [0.5, 0.6) is 5.88 Å². The number of aromatic nitrogens is 3. The Morgan fingerprint density at radius 2 is 1.95 bits per heavy atom. The zero-order valence-electron chi connectivity index (χ0n) is 10.2. The van der Waals surface area contributed by atoms with E-state index in [1.54, 1.807) is 0 Å². The van der Waals surface area contributed by atoms with Crippen molar-refractivity contribution in [3.63, 3.8) is 0 Å². The summed E-state index contributed by atoms with van der Waals surface area (Å²) in [6.45, 7) is 0. The van der Waals surface area contributed by atoms with Gasteiger partial charge in [0.05, 0.1) is 23.9 Å². The first-order valence-electron chi connectivity index (χ1n) is 5.15. The second kappa shape index (κ2) is 5.10. The van der Waals surface area contributed by atoms with Crippen LogP contribution >= 0.6 is 11.6 Å². The number of halogens is 1. The fourth-order valence-electron chi connectivity index (χ4n) is 1.41. The van der Waals surface area contributed by atoms with Gasteiger partial charge in [-0.2, -0.15) is 0 Å². The summed E-state index contributed by atoms with van der Waals surface area (Å²) in [6, 6.07) is 2.97. The molecule has 2 aromatic rings. The molecule has 2 heterocycles. The minimum absolute atomic E-state index is 0.130. The first kappa shape index (κ1) is 13.7. The van der Waals surface area contributed by atoms with Crippen LogP contribution in [0.3, 0.4) is 0 Å². The van der Waals surface area contributed by atoms with Gasteiger partial charge in [-0.05, 0) is 12.1 Å². The van der Waals surface area contributed by atoms with E-state index in [2.05, 4.69) is 15.0 Å². The Morgan fingerprint density at radius 3 is 2.47 bits per heavy atom. The maximum Gasteiger partial charge on any atom is 0.242 e. The van der Waals surface area contributed by atoms with Gasteiger partial charge in [-0.1, -0.05) is 11.6 Å². The van der Waals surface area contributed by atoms with Gasteiger partial charge in [0, 0.05) is 12.5 Å². The van der Waals surface area contributed by atoms with Crippen molar-refractivity contribution in [2.75, 3.05) is 13.4 Å². The maximum atomic E-state index is 11.3. The van der Waals surface area contributed by atoms with Crippen molar-refractivity contribution in [3.8, 4) is 17.3 Å². The molecule has 2 aromatic heterocycles. The lowest BCUT2D eigenvalue weighted by Gasteiger charge is -2.06. The van der Waals surface area contributed by atoms with Crippen molar-refractivity contribution in [3.05, 3.63) is 29.7 Å². The monoisotopic (exact) mass is 299 g/mol. The zero-order chi connectivity index (χ0) is 14.0. The lowest BCUT2D eigenvalue weighted by Crippen LogP contribution is -2.00. The van der Waals surface area contributed by atoms with Crippen molar-refractivity contribution < 1.29 is 13.2 Å². The highest BCUT2D eigenvalue weighted by Crippen LogP contribution is 2.25. The van der Waals surface area contributed by atoms with Crippen LogP contribution < -0.4 is 4.74 Å². The summed E-state index contributed by atoms with van der Waals surface area (Å²) < 4.78 is 27.8. The van der Waals surface area contributed by atoms with Crippen LogP contribution in [0.4, 0.5) is 0 Å². The van der Waals surface area contributed by atoms with Gasteiger partial charge in [-0.25, -0.2) is 18.4 Å². The highest BCUT2D eigenvalue weighted by atomic mass is 35.5. The largest absolute Gasteiger partial charge is 0.479 e. The summed E-state index contributed by atoms with van der Waals surface area (Å²) in [5.74, 6) is 0.268. The van der Waals surface area contributed by atoms with Crippen LogP contribution in [0.1, 0.15) is 0 Å². The lowest BCUT2D eigenvalue weighted by atomic mass is 10.3. The number of hydrogen-bond acceptors (Lipinski definition) is 6. The highest BCUT2D eigenvalue weighted by Gasteiger charge is 2.13. The number of sulfone groups is 1. The molecule has 6 nitrogen and oxygen atoms in total. The fourth-order valence-corrected chi connectivity index (χ4v) is 2.11. The molecule has 0 aliphatic rings. The van der Waals surface area contributed by atoms with Gasteiger partial charge in [-0.3, -0.25) is 4.98 Å².